The van der Waals surface area contributed by atoms with Gasteiger partial charge in [-0.25, -0.2) is 8.42 Å². The summed E-state index contributed by atoms with van der Waals surface area (Å²) in [6.45, 7) is 5.52. The van der Waals surface area contributed by atoms with Crippen LogP contribution in [0.3, 0.4) is 0 Å². The normalized spacial score (nSPS) is 11.6. The zero-order valence-electron chi connectivity index (χ0n) is 12.3. The molecule has 0 aromatic heterocycles. The monoisotopic (exact) mass is 295 g/mol. The fraction of sp³-hybridized carbons (Fsp3) is 0.467. The molecule has 110 valence electrons. The quantitative estimate of drug-likeness (QED) is 0.861. The molecule has 0 aliphatic rings. The lowest BCUT2D eigenvalue weighted by Crippen LogP contribution is -2.33. The molecule has 0 saturated carbocycles. The smallest absolute Gasteiger partial charge is 0.243 e. The Morgan fingerprint density at radius 1 is 1.35 bits per heavy atom. The highest BCUT2D eigenvalue weighted by atomic mass is 32.2. The van der Waals surface area contributed by atoms with Gasteiger partial charge < -0.3 is 5.11 Å². The predicted molar refractivity (Wildman–Crippen MR) is 79.8 cm³/mol. The highest BCUT2D eigenvalue weighted by molar-refractivity contribution is 7.89. The van der Waals surface area contributed by atoms with Crippen molar-refractivity contribution in [3.8, 4) is 11.8 Å². The second-order valence-corrected chi connectivity index (χ2v) is 6.86. The zero-order chi connectivity index (χ0) is 15.3. The average Bonchev–Trinajstić information content (AvgIpc) is 2.39. The second-order valence-electron chi connectivity index (χ2n) is 4.87. The van der Waals surface area contributed by atoms with Gasteiger partial charge in [0.2, 0.25) is 10.0 Å². The maximum atomic E-state index is 12.4. The number of aliphatic hydroxyl groups excluding tert-OH is 1. The van der Waals surface area contributed by atoms with E-state index in [4.69, 9.17) is 5.11 Å². The van der Waals surface area contributed by atoms with Gasteiger partial charge in [-0.15, -0.1) is 0 Å². The van der Waals surface area contributed by atoms with Gasteiger partial charge in [-0.2, -0.15) is 4.31 Å². The van der Waals surface area contributed by atoms with Crippen LogP contribution in [0.5, 0.6) is 0 Å². The van der Waals surface area contributed by atoms with Gasteiger partial charge >= 0.3 is 0 Å². The van der Waals surface area contributed by atoms with Gasteiger partial charge in [0.15, 0.2) is 0 Å². The molecule has 5 heteroatoms. The van der Waals surface area contributed by atoms with Gasteiger partial charge in [-0.1, -0.05) is 11.8 Å². The van der Waals surface area contributed by atoms with Crippen LogP contribution in [0.15, 0.2) is 23.1 Å². The number of nitrogens with zero attached hydrogens (tertiary/aromatic N) is 1. The minimum Gasteiger partial charge on any atom is -0.395 e. The van der Waals surface area contributed by atoms with Crippen LogP contribution >= 0.6 is 0 Å². The van der Waals surface area contributed by atoms with Crippen LogP contribution in [0.1, 0.15) is 31.4 Å². The van der Waals surface area contributed by atoms with Crippen LogP contribution in [-0.4, -0.2) is 37.5 Å². The first kappa shape index (κ1) is 16.7. The highest BCUT2D eigenvalue weighted by Gasteiger charge is 2.23. The molecule has 0 spiro atoms. The van der Waals surface area contributed by atoms with Crippen molar-refractivity contribution in [1.29, 1.82) is 0 Å². The third kappa shape index (κ3) is 3.83. The van der Waals surface area contributed by atoms with E-state index in [9.17, 15) is 8.42 Å². The molecule has 1 aromatic rings. The van der Waals surface area contributed by atoms with E-state index in [0.717, 1.165) is 11.1 Å². The van der Waals surface area contributed by atoms with Gasteiger partial charge in [-0.05, 0) is 44.5 Å². The van der Waals surface area contributed by atoms with Crippen LogP contribution in [0, 0.1) is 18.8 Å². The van der Waals surface area contributed by atoms with Crippen molar-refractivity contribution in [2.45, 2.75) is 38.1 Å². The fourth-order valence-electron chi connectivity index (χ4n) is 1.59. The summed E-state index contributed by atoms with van der Waals surface area (Å²) in [7, 11) is -1.88. The molecular weight excluding hydrogens is 274 g/mol. The number of hydrogen-bond acceptors (Lipinski definition) is 3. The van der Waals surface area contributed by atoms with Crippen molar-refractivity contribution in [2.75, 3.05) is 13.7 Å². The molecule has 1 aromatic carbocycles. The van der Waals surface area contributed by atoms with Gasteiger partial charge in [0.05, 0.1) is 11.5 Å². The van der Waals surface area contributed by atoms with Gasteiger partial charge in [0, 0.05) is 25.1 Å². The molecule has 0 fully saturated rings. The fourth-order valence-corrected chi connectivity index (χ4v) is 3.05. The largest absolute Gasteiger partial charge is 0.395 e. The Labute approximate surface area is 121 Å². The number of sulfonamides is 1. The standard InChI is InChI=1S/C15H21NO3S/c1-12(2)16(4)20(18,19)15-9-8-14(13(3)11-15)7-5-6-10-17/h8-9,11-12,17H,6,10H2,1-4H3. The molecule has 0 atom stereocenters. The molecule has 0 amide bonds. The molecule has 0 aliphatic carbocycles. The van der Waals surface area contributed by atoms with E-state index in [1.165, 1.54) is 4.31 Å². The van der Waals surface area contributed by atoms with E-state index in [0.29, 0.717) is 6.42 Å². The van der Waals surface area contributed by atoms with Gasteiger partial charge in [0.25, 0.3) is 0 Å². The van der Waals surface area contributed by atoms with Crippen LogP contribution in [0.4, 0.5) is 0 Å². The molecule has 1 rings (SSSR count). The third-order valence-electron chi connectivity index (χ3n) is 3.06. The zero-order valence-corrected chi connectivity index (χ0v) is 13.2. The predicted octanol–water partition coefficient (Wildman–Crippen LogP) is 1.76. The Hall–Kier alpha value is -1.35. The molecule has 0 unspecified atom stereocenters. The molecule has 0 bridgehead atoms. The van der Waals surface area contributed by atoms with E-state index in [1.807, 2.05) is 20.8 Å². The first-order valence-electron chi connectivity index (χ1n) is 6.49. The maximum Gasteiger partial charge on any atom is 0.243 e. The Kier molecular flexibility index (Phi) is 5.75. The third-order valence-corrected chi connectivity index (χ3v) is 5.09. The number of hydrogen-bond donors (Lipinski definition) is 1. The van der Waals surface area contributed by atoms with Crippen LogP contribution in [0.25, 0.3) is 0 Å². The molecule has 0 aliphatic heterocycles. The molecule has 0 saturated heterocycles. The molecular formula is C15H21NO3S. The summed E-state index contributed by atoms with van der Waals surface area (Å²) >= 11 is 0. The van der Waals surface area contributed by atoms with E-state index < -0.39 is 10.0 Å². The van der Waals surface area contributed by atoms with Crippen molar-refractivity contribution in [1.82, 2.24) is 4.31 Å². The lowest BCUT2D eigenvalue weighted by atomic mass is 10.1. The minimum atomic E-state index is -3.46. The van der Waals surface area contributed by atoms with E-state index in [2.05, 4.69) is 11.8 Å². The van der Waals surface area contributed by atoms with Crippen molar-refractivity contribution in [3.05, 3.63) is 29.3 Å². The number of aryl methyl sites for hydroxylation is 1. The minimum absolute atomic E-state index is 0.0255. The van der Waals surface area contributed by atoms with Crippen molar-refractivity contribution >= 4 is 10.0 Å². The van der Waals surface area contributed by atoms with Gasteiger partial charge in [-0.3, -0.25) is 0 Å². The lowest BCUT2D eigenvalue weighted by molar-refractivity contribution is 0.305. The topological polar surface area (TPSA) is 57.6 Å². The summed E-state index contributed by atoms with van der Waals surface area (Å²) < 4.78 is 26.1. The summed E-state index contributed by atoms with van der Waals surface area (Å²) in [6.07, 6.45) is 0.412. The van der Waals surface area contributed by atoms with E-state index >= 15 is 0 Å². The van der Waals surface area contributed by atoms with Crippen LogP contribution in [0.2, 0.25) is 0 Å². The molecule has 0 heterocycles. The molecule has 0 radical (unpaired) electrons. The summed E-state index contributed by atoms with van der Waals surface area (Å²) in [5, 5.41) is 8.69. The Morgan fingerprint density at radius 3 is 2.50 bits per heavy atom. The van der Waals surface area contributed by atoms with Gasteiger partial charge in [0.1, 0.15) is 0 Å². The molecule has 4 nitrogen and oxygen atoms in total. The number of aliphatic hydroxyl groups is 1. The molecule has 1 N–H and O–H groups in total. The summed E-state index contributed by atoms with van der Waals surface area (Å²) in [6, 6.07) is 4.83. The second kappa shape index (κ2) is 6.89. The maximum absolute atomic E-state index is 12.4. The summed E-state index contributed by atoms with van der Waals surface area (Å²) in [5.41, 5.74) is 1.60. The first-order valence-corrected chi connectivity index (χ1v) is 7.93. The van der Waals surface area contributed by atoms with Crippen LogP contribution in [-0.2, 0) is 10.0 Å². The Bertz CT molecular complexity index is 624. The SMILES string of the molecule is Cc1cc(S(=O)(=O)N(C)C(C)C)ccc1C#CCCO. The lowest BCUT2D eigenvalue weighted by Gasteiger charge is -2.21. The van der Waals surface area contributed by atoms with Crippen LogP contribution < -0.4 is 0 Å². The summed E-state index contributed by atoms with van der Waals surface area (Å²) in [4.78, 5) is 0.277. The average molecular weight is 295 g/mol. The van der Waals surface area contributed by atoms with Crippen molar-refractivity contribution in [2.24, 2.45) is 0 Å². The Balaban J connectivity index is 3.13. The summed E-state index contributed by atoms with van der Waals surface area (Å²) in [5.74, 6) is 5.76. The van der Waals surface area contributed by atoms with E-state index in [1.54, 1.807) is 25.2 Å². The number of benzene rings is 1. The van der Waals surface area contributed by atoms with E-state index in [-0.39, 0.29) is 17.5 Å². The highest BCUT2D eigenvalue weighted by Crippen LogP contribution is 2.19. The first-order chi connectivity index (χ1) is 9.30. The Morgan fingerprint density at radius 2 is 2.00 bits per heavy atom. The van der Waals surface area contributed by atoms with Crippen molar-refractivity contribution < 1.29 is 13.5 Å². The van der Waals surface area contributed by atoms with Crippen molar-refractivity contribution in [3.63, 3.8) is 0 Å². The molecule has 20 heavy (non-hydrogen) atoms. The number of rotatable bonds is 4.